The number of likely N-dealkylation sites (tertiary alicyclic amines) is 1. The average Bonchev–Trinajstić information content (AvgIpc) is 2.78. The molecule has 0 radical (unpaired) electrons. The summed E-state index contributed by atoms with van der Waals surface area (Å²) in [6.07, 6.45) is 3.93. The van der Waals surface area contributed by atoms with E-state index < -0.39 is 11.9 Å². The quantitative estimate of drug-likeness (QED) is 0.664. The van der Waals surface area contributed by atoms with E-state index in [0.29, 0.717) is 19.5 Å². The predicted octanol–water partition coefficient (Wildman–Crippen LogP) is 0.372. The van der Waals surface area contributed by atoms with Crippen molar-refractivity contribution in [2.24, 2.45) is 11.7 Å². The van der Waals surface area contributed by atoms with E-state index in [1.54, 1.807) is 4.90 Å². The average molecular weight is 255 g/mol. The molecule has 1 saturated heterocycles. The van der Waals surface area contributed by atoms with Crippen LogP contribution in [0.25, 0.3) is 0 Å². The third-order valence-electron chi connectivity index (χ3n) is 3.97. The summed E-state index contributed by atoms with van der Waals surface area (Å²) in [7, 11) is 0. The Morgan fingerprint density at radius 3 is 2.44 bits per heavy atom. The number of carbonyl (C=O) groups is 2. The Kier molecular flexibility index (Phi) is 4.06. The number of hydrogen-bond donors (Lipinski definition) is 3. The molecule has 0 aromatic rings. The molecule has 0 bridgehead atoms. The van der Waals surface area contributed by atoms with E-state index in [0.717, 1.165) is 25.7 Å². The van der Waals surface area contributed by atoms with Gasteiger partial charge in [0.2, 0.25) is 0 Å². The highest BCUT2D eigenvalue weighted by Gasteiger charge is 2.35. The highest BCUT2D eigenvalue weighted by molar-refractivity contribution is 5.77. The lowest BCUT2D eigenvalue weighted by molar-refractivity contribution is -0.142. The molecule has 2 rings (SSSR count). The van der Waals surface area contributed by atoms with E-state index in [1.807, 2.05) is 0 Å². The monoisotopic (exact) mass is 255 g/mol. The van der Waals surface area contributed by atoms with Crippen molar-refractivity contribution in [3.63, 3.8) is 0 Å². The summed E-state index contributed by atoms with van der Waals surface area (Å²) in [6.45, 7) is 1.33. The maximum atomic E-state index is 12.0. The third-order valence-corrected chi connectivity index (χ3v) is 3.97. The Labute approximate surface area is 107 Å². The fourth-order valence-electron chi connectivity index (χ4n) is 2.78. The standard InChI is InChI=1S/C12H21N3O3/c13-8-4-6-15(7-5-8)12(18)14-10-3-1-2-9(10)11(16)17/h8-10H,1-7,13H2,(H,14,18)(H,16,17). The smallest absolute Gasteiger partial charge is 0.317 e. The number of urea groups is 1. The first kappa shape index (κ1) is 13.1. The highest BCUT2D eigenvalue weighted by Crippen LogP contribution is 2.26. The van der Waals surface area contributed by atoms with Crippen molar-refractivity contribution in [2.75, 3.05) is 13.1 Å². The van der Waals surface area contributed by atoms with Crippen LogP contribution in [0.3, 0.4) is 0 Å². The van der Waals surface area contributed by atoms with E-state index in [9.17, 15) is 9.59 Å². The summed E-state index contributed by atoms with van der Waals surface area (Å²) in [5.74, 6) is -1.24. The Bertz CT molecular complexity index is 327. The van der Waals surface area contributed by atoms with E-state index in [1.165, 1.54) is 0 Å². The van der Waals surface area contributed by atoms with Crippen molar-refractivity contribution in [1.82, 2.24) is 10.2 Å². The van der Waals surface area contributed by atoms with Crippen molar-refractivity contribution in [3.05, 3.63) is 0 Å². The normalized spacial score (nSPS) is 29.3. The molecule has 1 aliphatic carbocycles. The minimum Gasteiger partial charge on any atom is -0.481 e. The summed E-state index contributed by atoms with van der Waals surface area (Å²) in [5.41, 5.74) is 5.79. The van der Waals surface area contributed by atoms with Gasteiger partial charge in [0, 0.05) is 25.2 Å². The molecule has 1 aliphatic heterocycles. The molecule has 1 saturated carbocycles. The molecule has 0 aromatic heterocycles. The van der Waals surface area contributed by atoms with Gasteiger partial charge in [-0.3, -0.25) is 4.79 Å². The molecule has 2 amide bonds. The number of aliphatic carboxylic acids is 1. The minimum atomic E-state index is -0.807. The molecule has 18 heavy (non-hydrogen) atoms. The Hall–Kier alpha value is -1.30. The second-order valence-corrected chi connectivity index (χ2v) is 5.26. The molecule has 1 heterocycles. The number of carbonyl (C=O) groups excluding carboxylic acids is 1. The highest BCUT2D eigenvalue weighted by atomic mass is 16.4. The zero-order valence-electron chi connectivity index (χ0n) is 10.5. The molecular weight excluding hydrogens is 234 g/mol. The molecule has 2 unspecified atom stereocenters. The van der Waals surface area contributed by atoms with Gasteiger partial charge in [0.25, 0.3) is 0 Å². The predicted molar refractivity (Wildman–Crippen MR) is 66.1 cm³/mol. The van der Waals surface area contributed by atoms with Gasteiger partial charge in [0.15, 0.2) is 0 Å². The zero-order valence-corrected chi connectivity index (χ0v) is 10.5. The minimum absolute atomic E-state index is 0.139. The van der Waals surface area contributed by atoms with Crippen LogP contribution in [0.2, 0.25) is 0 Å². The SMILES string of the molecule is NC1CCN(C(=O)NC2CCCC2C(=O)O)CC1. The van der Waals surface area contributed by atoms with Crippen molar-refractivity contribution in [2.45, 2.75) is 44.2 Å². The fraction of sp³-hybridized carbons (Fsp3) is 0.833. The molecular formula is C12H21N3O3. The maximum absolute atomic E-state index is 12.0. The fourth-order valence-corrected chi connectivity index (χ4v) is 2.78. The van der Waals surface area contributed by atoms with Crippen LogP contribution in [0, 0.1) is 5.92 Å². The molecule has 0 spiro atoms. The summed E-state index contributed by atoms with van der Waals surface area (Å²) in [5, 5.41) is 11.9. The number of hydrogen-bond acceptors (Lipinski definition) is 3. The first-order chi connectivity index (χ1) is 8.58. The third kappa shape index (κ3) is 2.93. The molecule has 4 N–H and O–H groups in total. The van der Waals surface area contributed by atoms with Gasteiger partial charge in [-0.2, -0.15) is 0 Å². The summed E-state index contributed by atoms with van der Waals surface area (Å²) >= 11 is 0. The van der Waals surface area contributed by atoms with E-state index in [2.05, 4.69) is 5.32 Å². The molecule has 2 fully saturated rings. The van der Waals surface area contributed by atoms with E-state index in [4.69, 9.17) is 10.8 Å². The molecule has 102 valence electrons. The topological polar surface area (TPSA) is 95.7 Å². The largest absolute Gasteiger partial charge is 0.481 e. The van der Waals surface area contributed by atoms with Crippen molar-refractivity contribution < 1.29 is 14.7 Å². The number of piperidine rings is 1. The van der Waals surface area contributed by atoms with Crippen molar-refractivity contribution in [1.29, 1.82) is 0 Å². The Morgan fingerprint density at radius 2 is 1.83 bits per heavy atom. The van der Waals surface area contributed by atoms with Crippen LogP contribution in [-0.4, -0.2) is 47.2 Å². The lowest BCUT2D eigenvalue weighted by atomic mass is 10.0. The number of amides is 2. The van der Waals surface area contributed by atoms with Gasteiger partial charge in [0.05, 0.1) is 5.92 Å². The number of nitrogens with one attached hydrogen (secondary N) is 1. The van der Waals surface area contributed by atoms with Gasteiger partial charge >= 0.3 is 12.0 Å². The van der Waals surface area contributed by atoms with Crippen LogP contribution in [0.1, 0.15) is 32.1 Å². The summed E-state index contributed by atoms with van der Waals surface area (Å²) in [6, 6.07) is -0.169. The second kappa shape index (κ2) is 5.56. The van der Waals surface area contributed by atoms with Crippen molar-refractivity contribution in [3.8, 4) is 0 Å². The number of nitrogens with two attached hydrogens (primary N) is 1. The summed E-state index contributed by atoms with van der Waals surface area (Å²) < 4.78 is 0. The maximum Gasteiger partial charge on any atom is 0.317 e. The summed E-state index contributed by atoms with van der Waals surface area (Å²) in [4.78, 5) is 24.8. The lowest BCUT2D eigenvalue weighted by Gasteiger charge is -2.31. The van der Waals surface area contributed by atoms with Gasteiger partial charge in [0.1, 0.15) is 0 Å². The van der Waals surface area contributed by atoms with Gasteiger partial charge in [-0.25, -0.2) is 4.79 Å². The first-order valence-corrected chi connectivity index (χ1v) is 6.61. The van der Waals surface area contributed by atoms with Crippen LogP contribution >= 0.6 is 0 Å². The molecule has 6 nitrogen and oxygen atoms in total. The zero-order chi connectivity index (χ0) is 13.1. The molecule has 2 atom stereocenters. The first-order valence-electron chi connectivity index (χ1n) is 6.61. The Morgan fingerprint density at radius 1 is 1.17 bits per heavy atom. The second-order valence-electron chi connectivity index (χ2n) is 5.26. The number of nitrogens with zero attached hydrogens (tertiary/aromatic N) is 1. The van der Waals surface area contributed by atoms with Gasteiger partial charge in [-0.1, -0.05) is 6.42 Å². The van der Waals surface area contributed by atoms with E-state index >= 15 is 0 Å². The van der Waals surface area contributed by atoms with Crippen LogP contribution in [0.15, 0.2) is 0 Å². The number of carboxylic acids is 1. The van der Waals surface area contributed by atoms with E-state index in [-0.39, 0.29) is 18.1 Å². The molecule has 6 heteroatoms. The van der Waals surface area contributed by atoms with Gasteiger partial charge < -0.3 is 21.1 Å². The van der Waals surface area contributed by atoms with Crippen LogP contribution in [0.5, 0.6) is 0 Å². The lowest BCUT2D eigenvalue weighted by Crippen LogP contribution is -2.51. The van der Waals surface area contributed by atoms with Crippen LogP contribution < -0.4 is 11.1 Å². The number of carboxylic acid groups (broad SMARTS) is 1. The van der Waals surface area contributed by atoms with Gasteiger partial charge in [-0.05, 0) is 25.7 Å². The molecule has 2 aliphatic rings. The molecule has 0 aromatic carbocycles. The Balaban J connectivity index is 1.85. The van der Waals surface area contributed by atoms with Gasteiger partial charge in [-0.15, -0.1) is 0 Å². The van der Waals surface area contributed by atoms with Crippen LogP contribution in [-0.2, 0) is 4.79 Å². The number of rotatable bonds is 2. The van der Waals surface area contributed by atoms with Crippen LogP contribution in [0.4, 0.5) is 4.79 Å². The van der Waals surface area contributed by atoms with Crippen molar-refractivity contribution >= 4 is 12.0 Å².